The monoisotopic (exact) mass is 280 g/mol. The van der Waals surface area contributed by atoms with Crippen molar-refractivity contribution >= 4 is 21.6 Å². The zero-order valence-electron chi connectivity index (χ0n) is 10.9. The first-order chi connectivity index (χ1) is 8.06. The normalized spacial score (nSPS) is 12.2. The van der Waals surface area contributed by atoms with Gasteiger partial charge >= 0.3 is 5.97 Å². The van der Waals surface area contributed by atoms with Gasteiger partial charge in [-0.2, -0.15) is 0 Å². The van der Waals surface area contributed by atoms with Gasteiger partial charge in [-0.25, -0.2) is 8.42 Å². The van der Waals surface area contributed by atoms with Crippen LogP contribution in [0.2, 0.25) is 0 Å². The second-order valence-corrected chi connectivity index (χ2v) is 7.16. The third-order valence-electron chi connectivity index (χ3n) is 1.81. The smallest absolute Gasteiger partial charge is 0.306 e. The second kappa shape index (κ2) is 6.84. The maximum atomic E-state index is 11.4. The minimum Gasteiger partial charge on any atom is -0.460 e. The van der Waals surface area contributed by atoms with Crippen molar-refractivity contribution in [2.24, 2.45) is 0 Å². The van der Waals surface area contributed by atoms with Crippen LogP contribution in [0.15, 0.2) is 0 Å². The van der Waals surface area contributed by atoms with Gasteiger partial charge in [0.05, 0.1) is 5.75 Å². The molecule has 0 spiro atoms. The van der Waals surface area contributed by atoms with E-state index in [4.69, 9.17) is 9.84 Å². The molecule has 18 heavy (non-hydrogen) atoms. The lowest BCUT2D eigenvalue weighted by atomic mass is 10.2. The van der Waals surface area contributed by atoms with Gasteiger partial charge in [-0.05, 0) is 27.2 Å². The third-order valence-corrected chi connectivity index (χ3v) is 3.49. The van der Waals surface area contributed by atoms with Crippen molar-refractivity contribution in [2.75, 3.05) is 18.1 Å². The number of esters is 1. The molecule has 0 radical (unpaired) electrons. The molecular weight excluding hydrogens is 260 g/mol. The Bertz CT molecular complexity index is 390. The maximum absolute atomic E-state index is 11.4. The summed E-state index contributed by atoms with van der Waals surface area (Å²) in [5, 5.41) is 8.45. The summed E-state index contributed by atoms with van der Waals surface area (Å²) in [5.74, 6) is -2.16. The van der Waals surface area contributed by atoms with Gasteiger partial charge in [-0.3, -0.25) is 9.59 Å². The SMILES string of the molecule is CC(C)(C)OC(=O)CCCS(=O)(=O)CC(=O)CO. The Morgan fingerprint density at radius 2 is 1.78 bits per heavy atom. The molecule has 0 bridgehead atoms. The second-order valence-electron chi connectivity index (χ2n) is 4.98. The number of sulfone groups is 1. The fourth-order valence-electron chi connectivity index (χ4n) is 1.19. The van der Waals surface area contributed by atoms with Crippen molar-refractivity contribution in [2.45, 2.75) is 39.2 Å². The van der Waals surface area contributed by atoms with E-state index >= 15 is 0 Å². The standard InChI is InChI=1S/C11H20O6S/c1-11(2,3)17-10(14)5-4-6-18(15,16)8-9(13)7-12/h12H,4-8H2,1-3H3. The van der Waals surface area contributed by atoms with Crippen molar-refractivity contribution in [3.8, 4) is 0 Å². The number of Topliss-reactive ketones (excluding diaryl/α,β-unsaturated/α-hetero) is 1. The van der Waals surface area contributed by atoms with Crippen LogP contribution in [0.25, 0.3) is 0 Å². The van der Waals surface area contributed by atoms with Crippen LogP contribution in [0.1, 0.15) is 33.6 Å². The quantitative estimate of drug-likeness (QED) is 0.663. The molecule has 0 aliphatic heterocycles. The van der Waals surface area contributed by atoms with E-state index in [0.29, 0.717) is 0 Å². The number of carbonyl (C=O) groups excluding carboxylic acids is 2. The Morgan fingerprint density at radius 1 is 1.22 bits per heavy atom. The van der Waals surface area contributed by atoms with E-state index < -0.39 is 39.6 Å². The summed E-state index contributed by atoms with van der Waals surface area (Å²) in [6, 6.07) is 0. The lowest BCUT2D eigenvalue weighted by molar-refractivity contribution is -0.154. The van der Waals surface area contributed by atoms with Crippen molar-refractivity contribution in [3.63, 3.8) is 0 Å². The highest BCUT2D eigenvalue weighted by Gasteiger charge is 2.19. The van der Waals surface area contributed by atoms with Crippen LogP contribution in [0.3, 0.4) is 0 Å². The van der Waals surface area contributed by atoms with E-state index in [9.17, 15) is 18.0 Å². The summed E-state index contributed by atoms with van der Waals surface area (Å²) in [7, 11) is -3.55. The van der Waals surface area contributed by atoms with E-state index in [0.717, 1.165) is 0 Å². The first-order valence-electron chi connectivity index (χ1n) is 5.60. The van der Waals surface area contributed by atoms with Gasteiger partial charge in [0.15, 0.2) is 15.6 Å². The van der Waals surface area contributed by atoms with E-state index in [1.807, 2.05) is 0 Å². The van der Waals surface area contributed by atoms with E-state index in [1.165, 1.54) is 0 Å². The Kier molecular flexibility index (Phi) is 6.48. The Morgan fingerprint density at radius 3 is 2.22 bits per heavy atom. The van der Waals surface area contributed by atoms with Gasteiger partial charge in [0.1, 0.15) is 18.0 Å². The van der Waals surface area contributed by atoms with Crippen LogP contribution in [-0.4, -0.2) is 49.0 Å². The zero-order valence-corrected chi connectivity index (χ0v) is 11.7. The highest BCUT2D eigenvalue weighted by atomic mass is 32.2. The lowest BCUT2D eigenvalue weighted by Crippen LogP contribution is -2.25. The van der Waals surface area contributed by atoms with Crippen LogP contribution in [-0.2, 0) is 24.2 Å². The molecular formula is C11H20O6S. The zero-order chi connectivity index (χ0) is 14.4. The Hall–Kier alpha value is -0.950. The molecule has 6 nitrogen and oxygen atoms in total. The molecule has 0 aromatic rings. The van der Waals surface area contributed by atoms with Crippen molar-refractivity contribution in [1.29, 1.82) is 0 Å². The average Bonchev–Trinajstić information content (AvgIpc) is 2.13. The first-order valence-corrected chi connectivity index (χ1v) is 7.43. The van der Waals surface area contributed by atoms with Crippen molar-refractivity contribution in [3.05, 3.63) is 0 Å². The molecule has 0 aromatic heterocycles. The topological polar surface area (TPSA) is 97.7 Å². The summed E-state index contributed by atoms with van der Waals surface area (Å²) >= 11 is 0. The van der Waals surface area contributed by atoms with E-state index in [1.54, 1.807) is 20.8 Å². The Labute approximate surface area is 107 Å². The molecule has 1 N–H and O–H groups in total. The highest BCUT2D eigenvalue weighted by molar-refractivity contribution is 7.92. The highest BCUT2D eigenvalue weighted by Crippen LogP contribution is 2.09. The minimum atomic E-state index is -3.55. The molecule has 0 amide bonds. The number of rotatable bonds is 7. The average molecular weight is 280 g/mol. The van der Waals surface area contributed by atoms with E-state index in [2.05, 4.69) is 0 Å². The van der Waals surface area contributed by atoms with Gasteiger partial charge in [0.25, 0.3) is 0 Å². The first kappa shape index (κ1) is 17.1. The third kappa shape index (κ3) is 9.12. The van der Waals surface area contributed by atoms with Crippen LogP contribution >= 0.6 is 0 Å². The van der Waals surface area contributed by atoms with Crippen LogP contribution in [0.4, 0.5) is 0 Å². The number of ether oxygens (including phenoxy) is 1. The maximum Gasteiger partial charge on any atom is 0.306 e. The fraction of sp³-hybridized carbons (Fsp3) is 0.818. The molecule has 0 atom stereocenters. The van der Waals surface area contributed by atoms with Gasteiger partial charge in [0, 0.05) is 6.42 Å². The van der Waals surface area contributed by atoms with Crippen LogP contribution in [0.5, 0.6) is 0 Å². The molecule has 0 saturated carbocycles. The number of ketones is 1. The minimum absolute atomic E-state index is 0.0101. The van der Waals surface area contributed by atoms with Crippen LogP contribution < -0.4 is 0 Å². The summed E-state index contributed by atoms with van der Waals surface area (Å²) < 4.78 is 27.8. The lowest BCUT2D eigenvalue weighted by Gasteiger charge is -2.19. The molecule has 7 heteroatoms. The summed E-state index contributed by atoms with van der Waals surface area (Å²) in [5.41, 5.74) is -0.594. The molecule has 106 valence electrons. The van der Waals surface area contributed by atoms with Crippen molar-refractivity contribution < 1.29 is 27.9 Å². The molecule has 0 fully saturated rings. The van der Waals surface area contributed by atoms with Gasteiger partial charge in [0.2, 0.25) is 0 Å². The van der Waals surface area contributed by atoms with E-state index in [-0.39, 0.29) is 18.6 Å². The van der Waals surface area contributed by atoms with Crippen molar-refractivity contribution in [1.82, 2.24) is 0 Å². The summed E-state index contributed by atoms with van der Waals surface area (Å²) in [4.78, 5) is 22.1. The molecule has 0 aromatic carbocycles. The van der Waals surface area contributed by atoms with Gasteiger partial charge < -0.3 is 9.84 Å². The molecule has 0 rings (SSSR count). The predicted molar refractivity (Wildman–Crippen MR) is 65.8 cm³/mol. The summed E-state index contributed by atoms with van der Waals surface area (Å²) in [6.07, 6.45) is 0.0970. The molecule has 0 heterocycles. The number of hydrogen-bond donors (Lipinski definition) is 1. The molecule has 0 unspecified atom stereocenters. The van der Waals surface area contributed by atoms with Gasteiger partial charge in [-0.15, -0.1) is 0 Å². The number of aliphatic hydroxyl groups is 1. The fourth-order valence-corrected chi connectivity index (χ4v) is 2.50. The molecule has 0 aliphatic carbocycles. The number of aliphatic hydroxyl groups excluding tert-OH is 1. The number of carbonyl (C=O) groups is 2. The molecule has 0 aliphatic rings. The predicted octanol–water partition coefficient (Wildman–Crippen LogP) is 0.0845. The summed E-state index contributed by atoms with van der Waals surface area (Å²) in [6.45, 7) is 4.38. The van der Waals surface area contributed by atoms with Crippen LogP contribution in [0, 0.1) is 0 Å². The largest absolute Gasteiger partial charge is 0.460 e. The number of hydrogen-bond acceptors (Lipinski definition) is 6. The molecule has 0 saturated heterocycles. The Balaban J connectivity index is 4.05. The van der Waals surface area contributed by atoms with Gasteiger partial charge in [-0.1, -0.05) is 0 Å².